The molecule has 1 N–H and O–H groups in total. The number of sulfonamides is 1. The summed E-state index contributed by atoms with van der Waals surface area (Å²) in [6.07, 6.45) is 3.65. The average Bonchev–Trinajstić information content (AvgIpc) is 2.55. The van der Waals surface area contributed by atoms with Crippen molar-refractivity contribution >= 4 is 21.6 Å². The van der Waals surface area contributed by atoms with Crippen LogP contribution in [0, 0.1) is 0 Å². The van der Waals surface area contributed by atoms with Crippen LogP contribution in [0.3, 0.4) is 0 Å². The third kappa shape index (κ3) is 3.11. The molecule has 13 heavy (non-hydrogen) atoms. The first-order chi connectivity index (χ1) is 6.06. The van der Waals surface area contributed by atoms with Gasteiger partial charge in [0, 0.05) is 11.9 Å². The summed E-state index contributed by atoms with van der Waals surface area (Å²) < 4.78 is 25.9. The second kappa shape index (κ2) is 4.62. The Morgan fingerprint density at radius 3 is 2.46 bits per heavy atom. The van der Waals surface area contributed by atoms with Crippen molar-refractivity contribution in [2.45, 2.75) is 43.9 Å². The van der Waals surface area contributed by atoms with Crippen molar-refractivity contribution in [3.8, 4) is 0 Å². The van der Waals surface area contributed by atoms with Crippen LogP contribution in [-0.2, 0) is 10.0 Å². The molecule has 1 unspecified atom stereocenters. The highest BCUT2D eigenvalue weighted by Gasteiger charge is 2.29. The molecule has 1 atom stereocenters. The predicted molar refractivity (Wildman–Crippen MR) is 54.5 cm³/mol. The van der Waals surface area contributed by atoms with Crippen LogP contribution in [-0.4, -0.2) is 25.6 Å². The van der Waals surface area contributed by atoms with Gasteiger partial charge in [-0.3, -0.25) is 0 Å². The van der Waals surface area contributed by atoms with E-state index in [0.29, 0.717) is 5.88 Å². The lowest BCUT2D eigenvalue weighted by atomic mass is 10.4. The van der Waals surface area contributed by atoms with Crippen LogP contribution in [0.1, 0.15) is 32.6 Å². The van der Waals surface area contributed by atoms with Crippen LogP contribution < -0.4 is 4.72 Å². The third-order valence-corrected chi connectivity index (χ3v) is 4.88. The van der Waals surface area contributed by atoms with E-state index in [1.165, 1.54) is 0 Å². The first kappa shape index (κ1) is 11.3. The van der Waals surface area contributed by atoms with Crippen LogP contribution in [0.2, 0.25) is 0 Å². The van der Waals surface area contributed by atoms with E-state index in [2.05, 4.69) is 4.72 Å². The van der Waals surface area contributed by atoms with E-state index in [-0.39, 0.29) is 11.3 Å². The molecule has 0 amide bonds. The Bertz CT molecular complexity index is 247. The third-order valence-electron chi connectivity index (χ3n) is 2.34. The van der Waals surface area contributed by atoms with Crippen molar-refractivity contribution in [3.05, 3.63) is 0 Å². The fraction of sp³-hybridized carbons (Fsp3) is 1.00. The molecule has 3 nitrogen and oxygen atoms in total. The van der Waals surface area contributed by atoms with Gasteiger partial charge in [-0.15, -0.1) is 11.6 Å². The Hall–Kier alpha value is 0.200. The number of halogens is 1. The van der Waals surface area contributed by atoms with E-state index >= 15 is 0 Å². The quantitative estimate of drug-likeness (QED) is 0.737. The predicted octanol–water partition coefficient (Wildman–Crippen LogP) is 1.48. The van der Waals surface area contributed by atoms with Crippen molar-refractivity contribution in [1.82, 2.24) is 4.72 Å². The van der Waals surface area contributed by atoms with Gasteiger partial charge in [-0.2, -0.15) is 0 Å². The molecule has 0 spiro atoms. The average molecular weight is 226 g/mol. The van der Waals surface area contributed by atoms with Gasteiger partial charge in [0.2, 0.25) is 10.0 Å². The molecule has 1 rings (SSSR count). The maximum Gasteiger partial charge on any atom is 0.214 e. The molecular formula is C8H16ClNO2S. The molecule has 1 fully saturated rings. The molecule has 0 bridgehead atoms. The van der Waals surface area contributed by atoms with Crippen LogP contribution in [0.15, 0.2) is 0 Å². The Labute approximate surface area is 84.9 Å². The van der Waals surface area contributed by atoms with Crippen molar-refractivity contribution in [2.75, 3.05) is 5.88 Å². The highest BCUT2D eigenvalue weighted by molar-refractivity contribution is 7.90. The fourth-order valence-electron chi connectivity index (χ4n) is 1.61. The Balaban J connectivity index is 2.54. The highest BCUT2D eigenvalue weighted by atomic mass is 35.5. The van der Waals surface area contributed by atoms with Crippen LogP contribution in [0.5, 0.6) is 0 Å². The summed E-state index contributed by atoms with van der Waals surface area (Å²) in [5.74, 6) is 0.325. The number of alkyl halides is 1. The van der Waals surface area contributed by atoms with Gasteiger partial charge < -0.3 is 0 Å². The standard InChI is InChI=1S/C8H16ClNO2S/c1-7(6-9)10-13(11,12)8-4-2-3-5-8/h7-8,10H,2-6H2,1H3. The second-order valence-corrected chi connectivity index (χ2v) is 5.93. The summed E-state index contributed by atoms with van der Waals surface area (Å²) in [5.41, 5.74) is 0. The van der Waals surface area contributed by atoms with E-state index in [0.717, 1.165) is 25.7 Å². The first-order valence-electron chi connectivity index (χ1n) is 4.63. The molecule has 1 saturated carbocycles. The summed E-state index contributed by atoms with van der Waals surface area (Å²) in [5, 5.41) is -0.182. The van der Waals surface area contributed by atoms with Crippen LogP contribution in [0.25, 0.3) is 0 Å². The molecular weight excluding hydrogens is 210 g/mol. The van der Waals surface area contributed by atoms with Crippen LogP contribution in [0.4, 0.5) is 0 Å². The monoisotopic (exact) mass is 225 g/mol. The van der Waals surface area contributed by atoms with E-state index in [4.69, 9.17) is 11.6 Å². The maximum atomic E-state index is 11.6. The molecule has 0 aromatic rings. The molecule has 5 heteroatoms. The summed E-state index contributed by atoms with van der Waals surface area (Å²) >= 11 is 5.54. The fourth-order valence-corrected chi connectivity index (χ4v) is 3.57. The Morgan fingerprint density at radius 2 is 2.00 bits per heavy atom. The van der Waals surface area contributed by atoms with Gasteiger partial charge >= 0.3 is 0 Å². The van der Waals surface area contributed by atoms with Crippen molar-refractivity contribution in [1.29, 1.82) is 0 Å². The Morgan fingerprint density at radius 1 is 1.46 bits per heavy atom. The second-order valence-electron chi connectivity index (χ2n) is 3.62. The molecule has 0 aliphatic heterocycles. The van der Waals surface area contributed by atoms with Crippen molar-refractivity contribution in [3.63, 3.8) is 0 Å². The molecule has 0 aromatic carbocycles. The molecule has 0 radical (unpaired) electrons. The van der Waals surface area contributed by atoms with Gasteiger partial charge in [0.1, 0.15) is 0 Å². The van der Waals surface area contributed by atoms with E-state index in [1.54, 1.807) is 6.92 Å². The SMILES string of the molecule is CC(CCl)NS(=O)(=O)C1CCCC1. The lowest BCUT2D eigenvalue weighted by Gasteiger charge is -2.15. The summed E-state index contributed by atoms with van der Waals surface area (Å²) in [6, 6.07) is -0.160. The normalized spacial score (nSPS) is 22.0. The zero-order chi connectivity index (χ0) is 9.90. The number of nitrogens with one attached hydrogen (secondary N) is 1. The zero-order valence-electron chi connectivity index (χ0n) is 7.79. The molecule has 78 valence electrons. The van der Waals surface area contributed by atoms with Gasteiger partial charge in [0.15, 0.2) is 0 Å². The molecule has 1 aliphatic rings. The number of rotatable bonds is 4. The van der Waals surface area contributed by atoms with Gasteiger partial charge in [0.25, 0.3) is 0 Å². The molecule has 0 heterocycles. The number of hydrogen-bond donors (Lipinski definition) is 1. The number of hydrogen-bond acceptors (Lipinski definition) is 2. The zero-order valence-corrected chi connectivity index (χ0v) is 9.37. The summed E-state index contributed by atoms with van der Waals surface area (Å²) in [6.45, 7) is 1.78. The lowest BCUT2D eigenvalue weighted by molar-refractivity contribution is 0.554. The first-order valence-corrected chi connectivity index (χ1v) is 6.71. The molecule has 0 aromatic heterocycles. The summed E-state index contributed by atoms with van der Waals surface area (Å²) in [7, 11) is -3.11. The highest BCUT2D eigenvalue weighted by Crippen LogP contribution is 2.24. The van der Waals surface area contributed by atoms with Crippen molar-refractivity contribution < 1.29 is 8.42 Å². The van der Waals surface area contributed by atoms with Gasteiger partial charge in [-0.25, -0.2) is 13.1 Å². The molecule has 0 saturated heterocycles. The van der Waals surface area contributed by atoms with Crippen molar-refractivity contribution in [2.24, 2.45) is 0 Å². The minimum Gasteiger partial charge on any atom is -0.212 e. The van der Waals surface area contributed by atoms with Crippen LogP contribution >= 0.6 is 11.6 Å². The summed E-state index contributed by atoms with van der Waals surface area (Å²) in [4.78, 5) is 0. The lowest BCUT2D eigenvalue weighted by Crippen LogP contribution is -2.39. The topological polar surface area (TPSA) is 46.2 Å². The minimum absolute atomic E-state index is 0.160. The largest absolute Gasteiger partial charge is 0.214 e. The van der Waals surface area contributed by atoms with E-state index in [9.17, 15) is 8.42 Å². The smallest absolute Gasteiger partial charge is 0.212 e. The minimum atomic E-state index is -3.11. The van der Waals surface area contributed by atoms with Gasteiger partial charge in [-0.05, 0) is 19.8 Å². The van der Waals surface area contributed by atoms with E-state index < -0.39 is 10.0 Å². The Kier molecular flexibility index (Phi) is 4.01. The molecule has 1 aliphatic carbocycles. The van der Waals surface area contributed by atoms with Gasteiger partial charge in [0.05, 0.1) is 5.25 Å². The van der Waals surface area contributed by atoms with E-state index in [1.807, 2.05) is 0 Å². The van der Waals surface area contributed by atoms with Gasteiger partial charge in [-0.1, -0.05) is 12.8 Å². The maximum absolute atomic E-state index is 11.6.